The van der Waals surface area contributed by atoms with Crippen LogP contribution in [0.2, 0.25) is 0 Å². The standard InChI is InChI=1S/C9H17NO2S/c1-5-6(7(11)12)10-8(13-5)9(2,3)4/h5-6,8,10H,1-4H3,(H,11,12)/t5-,6+,8?/m1/s1. The third-order valence-corrected chi connectivity index (χ3v) is 4.02. The maximum absolute atomic E-state index is 10.8. The summed E-state index contributed by atoms with van der Waals surface area (Å²) < 4.78 is 0. The molecule has 76 valence electrons. The molecule has 0 radical (unpaired) electrons. The molecule has 1 heterocycles. The van der Waals surface area contributed by atoms with Crippen molar-refractivity contribution in [2.24, 2.45) is 5.41 Å². The first kappa shape index (κ1) is 10.9. The fourth-order valence-electron chi connectivity index (χ4n) is 1.36. The number of thioether (sulfide) groups is 1. The largest absolute Gasteiger partial charge is 0.480 e. The Morgan fingerprint density at radius 2 is 2.00 bits per heavy atom. The second-order valence-electron chi connectivity index (χ2n) is 4.57. The zero-order valence-corrected chi connectivity index (χ0v) is 9.31. The Morgan fingerprint density at radius 1 is 1.46 bits per heavy atom. The van der Waals surface area contributed by atoms with Gasteiger partial charge >= 0.3 is 5.97 Å². The minimum absolute atomic E-state index is 0.114. The molecule has 0 aliphatic carbocycles. The predicted octanol–water partition coefficient (Wildman–Crippen LogP) is 1.54. The lowest BCUT2D eigenvalue weighted by Crippen LogP contribution is -2.43. The molecule has 1 unspecified atom stereocenters. The van der Waals surface area contributed by atoms with Gasteiger partial charge < -0.3 is 5.11 Å². The molecule has 13 heavy (non-hydrogen) atoms. The van der Waals surface area contributed by atoms with Gasteiger partial charge in [-0.1, -0.05) is 27.7 Å². The molecule has 0 aromatic rings. The smallest absolute Gasteiger partial charge is 0.321 e. The molecule has 3 atom stereocenters. The van der Waals surface area contributed by atoms with Crippen molar-refractivity contribution in [1.29, 1.82) is 0 Å². The van der Waals surface area contributed by atoms with E-state index in [1.807, 2.05) is 6.92 Å². The lowest BCUT2D eigenvalue weighted by Gasteiger charge is -2.26. The molecule has 0 saturated carbocycles. The lowest BCUT2D eigenvalue weighted by atomic mass is 9.96. The Morgan fingerprint density at radius 3 is 2.23 bits per heavy atom. The summed E-state index contributed by atoms with van der Waals surface area (Å²) in [4.78, 5) is 10.8. The molecule has 4 heteroatoms. The highest BCUT2D eigenvalue weighted by molar-refractivity contribution is 8.00. The summed E-state index contributed by atoms with van der Waals surface area (Å²) >= 11 is 1.72. The molecule has 0 aromatic heterocycles. The van der Waals surface area contributed by atoms with Crippen LogP contribution in [0.15, 0.2) is 0 Å². The second-order valence-corrected chi connectivity index (χ2v) is 6.06. The highest BCUT2D eigenvalue weighted by Gasteiger charge is 2.40. The van der Waals surface area contributed by atoms with Gasteiger partial charge in [-0.05, 0) is 5.41 Å². The first-order valence-corrected chi connectivity index (χ1v) is 5.41. The van der Waals surface area contributed by atoms with Gasteiger partial charge in [0.2, 0.25) is 0 Å². The Bertz CT molecular complexity index is 212. The maximum Gasteiger partial charge on any atom is 0.321 e. The van der Waals surface area contributed by atoms with Gasteiger partial charge in [0.15, 0.2) is 0 Å². The van der Waals surface area contributed by atoms with Crippen LogP contribution in [0.1, 0.15) is 27.7 Å². The molecule has 1 aliphatic heterocycles. The number of carboxylic acid groups (broad SMARTS) is 1. The molecule has 1 aliphatic rings. The quantitative estimate of drug-likeness (QED) is 0.678. The van der Waals surface area contributed by atoms with E-state index in [9.17, 15) is 4.79 Å². The van der Waals surface area contributed by atoms with Crippen LogP contribution < -0.4 is 5.32 Å². The maximum atomic E-state index is 10.8. The van der Waals surface area contributed by atoms with Gasteiger partial charge in [-0.15, -0.1) is 11.8 Å². The molecular formula is C9H17NO2S. The van der Waals surface area contributed by atoms with E-state index in [1.165, 1.54) is 0 Å². The monoisotopic (exact) mass is 203 g/mol. The number of rotatable bonds is 1. The second kappa shape index (κ2) is 3.50. The lowest BCUT2D eigenvalue weighted by molar-refractivity contribution is -0.139. The van der Waals surface area contributed by atoms with Crippen LogP contribution >= 0.6 is 11.8 Å². The number of carbonyl (C=O) groups is 1. The van der Waals surface area contributed by atoms with Crippen LogP contribution in [-0.4, -0.2) is 27.7 Å². The summed E-state index contributed by atoms with van der Waals surface area (Å²) in [5.41, 5.74) is 0.114. The first-order chi connectivity index (χ1) is 5.82. The summed E-state index contributed by atoms with van der Waals surface area (Å²) in [7, 11) is 0. The van der Waals surface area contributed by atoms with E-state index in [0.29, 0.717) is 0 Å². The van der Waals surface area contributed by atoms with Gasteiger partial charge in [-0.2, -0.15) is 0 Å². The zero-order chi connectivity index (χ0) is 10.2. The van der Waals surface area contributed by atoms with Crippen molar-refractivity contribution >= 4 is 17.7 Å². The average Bonchev–Trinajstić information content (AvgIpc) is 2.29. The summed E-state index contributed by atoms with van der Waals surface area (Å²) in [6.45, 7) is 8.32. The van der Waals surface area contributed by atoms with Crippen LogP contribution in [-0.2, 0) is 4.79 Å². The molecule has 0 bridgehead atoms. The van der Waals surface area contributed by atoms with E-state index in [1.54, 1.807) is 11.8 Å². The van der Waals surface area contributed by atoms with E-state index >= 15 is 0 Å². The molecule has 0 spiro atoms. The SMILES string of the molecule is C[C@H]1SC(C(C)(C)C)N[C@@H]1C(=O)O. The third kappa shape index (κ3) is 2.38. The topological polar surface area (TPSA) is 49.3 Å². The normalized spacial score (nSPS) is 34.9. The van der Waals surface area contributed by atoms with Crippen molar-refractivity contribution in [2.45, 2.75) is 44.4 Å². The summed E-state index contributed by atoms with van der Waals surface area (Å²) in [5.74, 6) is -0.744. The first-order valence-electron chi connectivity index (χ1n) is 4.46. The van der Waals surface area contributed by atoms with Gasteiger partial charge in [0.05, 0.1) is 5.37 Å². The Balaban J connectivity index is 2.65. The zero-order valence-electron chi connectivity index (χ0n) is 8.50. The van der Waals surface area contributed by atoms with Crippen molar-refractivity contribution in [3.63, 3.8) is 0 Å². The number of hydrogen-bond acceptors (Lipinski definition) is 3. The fourth-order valence-corrected chi connectivity index (χ4v) is 2.77. The molecule has 1 saturated heterocycles. The minimum Gasteiger partial charge on any atom is -0.480 e. The number of aliphatic carboxylic acids is 1. The Hall–Kier alpha value is -0.220. The summed E-state index contributed by atoms with van der Waals surface area (Å²) in [6, 6.07) is -0.394. The minimum atomic E-state index is -0.744. The number of nitrogens with one attached hydrogen (secondary N) is 1. The van der Waals surface area contributed by atoms with Crippen molar-refractivity contribution in [1.82, 2.24) is 5.32 Å². The molecule has 1 fully saturated rings. The summed E-state index contributed by atoms with van der Waals surface area (Å²) in [6.07, 6.45) is 0. The fraction of sp³-hybridized carbons (Fsp3) is 0.889. The van der Waals surface area contributed by atoms with Crippen LogP contribution in [0.3, 0.4) is 0 Å². The van der Waals surface area contributed by atoms with Gasteiger partial charge in [0, 0.05) is 5.25 Å². The number of carboxylic acids is 1. The van der Waals surface area contributed by atoms with Crippen LogP contribution in [0.5, 0.6) is 0 Å². The average molecular weight is 203 g/mol. The van der Waals surface area contributed by atoms with E-state index in [4.69, 9.17) is 5.11 Å². The number of hydrogen-bond donors (Lipinski definition) is 2. The van der Waals surface area contributed by atoms with Gasteiger partial charge in [0.1, 0.15) is 6.04 Å². The van der Waals surface area contributed by atoms with Gasteiger partial charge in [0.25, 0.3) is 0 Å². The molecule has 0 amide bonds. The highest BCUT2D eigenvalue weighted by atomic mass is 32.2. The molecule has 3 nitrogen and oxygen atoms in total. The molecular weight excluding hydrogens is 186 g/mol. The Labute approximate surface area is 83.3 Å². The molecule has 1 rings (SSSR count). The van der Waals surface area contributed by atoms with E-state index in [0.717, 1.165) is 0 Å². The van der Waals surface area contributed by atoms with E-state index in [2.05, 4.69) is 26.1 Å². The van der Waals surface area contributed by atoms with E-state index < -0.39 is 12.0 Å². The van der Waals surface area contributed by atoms with Gasteiger partial charge in [-0.25, -0.2) is 0 Å². The highest BCUT2D eigenvalue weighted by Crippen LogP contribution is 2.37. The van der Waals surface area contributed by atoms with Crippen LogP contribution in [0.4, 0.5) is 0 Å². The predicted molar refractivity (Wildman–Crippen MR) is 54.9 cm³/mol. The van der Waals surface area contributed by atoms with E-state index in [-0.39, 0.29) is 16.0 Å². The van der Waals surface area contributed by atoms with Crippen LogP contribution in [0.25, 0.3) is 0 Å². The van der Waals surface area contributed by atoms with Crippen LogP contribution in [0, 0.1) is 5.41 Å². The van der Waals surface area contributed by atoms with Crippen molar-refractivity contribution in [2.75, 3.05) is 0 Å². The van der Waals surface area contributed by atoms with Crippen molar-refractivity contribution in [3.05, 3.63) is 0 Å². The van der Waals surface area contributed by atoms with Crippen molar-refractivity contribution in [3.8, 4) is 0 Å². The van der Waals surface area contributed by atoms with Crippen molar-refractivity contribution < 1.29 is 9.90 Å². The molecule has 0 aromatic carbocycles. The molecule has 2 N–H and O–H groups in total. The third-order valence-electron chi connectivity index (χ3n) is 2.20. The summed E-state index contributed by atoms with van der Waals surface area (Å²) in [5, 5.41) is 12.4. The van der Waals surface area contributed by atoms with Gasteiger partial charge in [-0.3, -0.25) is 10.1 Å². The Kier molecular flexibility index (Phi) is 2.92.